The number of nitrogens with zero attached hydrogens (tertiary/aromatic N) is 4. The Morgan fingerprint density at radius 1 is 1.10 bits per heavy atom. The molecule has 3 rings (SSSR count). The Morgan fingerprint density at radius 2 is 1.85 bits per heavy atom. The van der Waals surface area contributed by atoms with E-state index in [0.717, 1.165) is 5.39 Å². The predicted molar refractivity (Wildman–Crippen MR) is 74.8 cm³/mol. The second-order valence-electron chi connectivity index (χ2n) is 4.01. The Bertz CT molecular complexity index is 759. The molecule has 3 aromatic rings. The van der Waals surface area contributed by atoms with Gasteiger partial charge in [0.2, 0.25) is 5.28 Å². The summed E-state index contributed by atoms with van der Waals surface area (Å²) < 4.78 is 12.3. The summed E-state index contributed by atoms with van der Waals surface area (Å²) in [4.78, 5) is 12.5. The van der Waals surface area contributed by atoms with Crippen LogP contribution in [0, 0.1) is 0 Å². The third-order valence-corrected chi connectivity index (χ3v) is 3.07. The van der Waals surface area contributed by atoms with Crippen LogP contribution >= 0.6 is 11.6 Å². The van der Waals surface area contributed by atoms with Gasteiger partial charge in [-0.3, -0.25) is 4.57 Å². The molecule has 0 aliphatic heterocycles. The topological polar surface area (TPSA) is 62.1 Å². The highest BCUT2D eigenvalue weighted by molar-refractivity contribution is 6.28. The van der Waals surface area contributed by atoms with E-state index in [9.17, 15) is 0 Å². The Hall–Kier alpha value is -2.34. The van der Waals surface area contributed by atoms with Crippen molar-refractivity contribution in [2.45, 2.75) is 0 Å². The van der Waals surface area contributed by atoms with E-state index in [0.29, 0.717) is 22.8 Å². The number of methoxy groups -OCH3 is 2. The summed E-state index contributed by atoms with van der Waals surface area (Å²) in [6.07, 6.45) is 5.10. The number of hydrogen-bond acceptors (Lipinski definition) is 5. The average Bonchev–Trinajstić information content (AvgIpc) is 2.98. The minimum atomic E-state index is 0.161. The molecule has 0 N–H and O–H groups in total. The third-order valence-electron chi connectivity index (χ3n) is 2.90. The van der Waals surface area contributed by atoms with E-state index in [-0.39, 0.29) is 5.28 Å². The first-order chi connectivity index (χ1) is 9.72. The van der Waals surface area contributed by atoms with Gasteiger partial charge in [0.1, 0.15) is 6.33 Å². The van der Waals surface area contributed by atoms with Gasteiger partial charge in [0.05, 0.1) is 19.7 Å². The Kier molecular flexibility index (Phi) is 3.15. The molecule has 2 aromatic heterocycles. The van der Waals surface area contributed by atoms with Crippen LogP contribution in [0.4, 0.5) is 0 Å². The summed E-state index contributed by atoms with van der Waals surface area (Å²) in [6, 6.07) is 3.59. The highest BCUT2D eigenvalue weighted by atomic mass is 35.5. The molecule has 0 unspecified atom stereocenters. The molecule has 0 fully saturated rings. The number of hydrogen-bond donors (Lipinski definition) is 0. The van der Waals surface area contributed by atoms with Crippen molar-refractivity contribution in [2.24, 2.45) is 0 Å². The number of ether oxygens (including phenoxy) is 2. The van der Waals surface area contributed by atoms with Gasteiger partial charge >= 0.3 is 0 Å². The fraction of sp³-hybridized carbons (Fsp3) is 0.154. The van der Waals surface area contributed by atoms with E-state index in [1.54, 1.807) is 43.6 Å². The number of imidazole rings is 1. The van der Waals surface area contributed by atoms with Crippen LogP contribution in [-0.2, 0) is 0 Å². The molecular weight excluding hydrogens is 280 g/mol. The Labute approximate surface area is 120 Å². The van der Waals surface area contributed by atoms with E-state index in [1.165, 1.54) is 0 Å². The van der Waals surface area contributed by atoms with E-state index in [1.807, 2.05) is 6.07 Å². The van der Waals surface area contributed by atoms with E-state index in [2.05, 4.69) is 15.0 Å². The highest BCUT2D eigenvalue weighted by Crippen LogP contribution is 2.33. The molecule has 0 amide bonds. The van der Waals surface area contributed by atoms with Gasteiger partial charge < -0.3 is 9.47 Å². The van der Waals surface area contributed by atoms with Crippen LogP contribution < -0.4 is 9.47 Å². The predicted octanol–water partition coefficient (Wildman–Crippen LogP) is 2.49. The first-order valence-electron chi connectivity index (χ1n) is 5.80. The largest absolute Gasteiger partial charge is 0.493 e. The van der Waals surface area contributed by atoms with Gasteiger partial charge in [-0.1, -0.05) is 0 Å². The summed E-state index contributed by atoms with van der Waals surface area (Å²) in [5.41, 5.74) is 0.673. The van der Waals surface area contributed by atoms with Crippen LogP contribution in [0.25, 0.3) is 16.7 Å². The molecule has 0 bridgehead atoms. The molecule has 7 heteroatoms. The van der Waals surface area contributed by atoms with Crippen LogP contribution in [0.2, 0.25) is 5.28 Å². The van der Waals surface area contributed by atoms with Gasteiger partial charge in [0.25, 0.3) is 0 Å². The standard InChI is InChI=1S/C13H11ClN4O2/c1-19-10-5-8-9(6-11(10)20-2)16-13(14)17-12(8)18-4-3-15-7-18/h3-7H,1-2H3. The van der Waals surface area contributed by atoms with Gasteiger partial charge in [0, 0.05) is 23.8 Å². The molecule has 6 nitrogen and oxygen atoms in total. The molecule has 0 spiro atoms. The van der Waals surface area contributed by atoms with E-state index < -0.39 is 0 Å². The van der Waals surface area contributed by atoms with Gasteiger partial charge in [-0.25, -0.2) is 9.97 Å². The number of halogens is 1. The molecule has 102 valence electrons. The lowest BCUT2D eigenvalue weighted by atomic mass is 10.2. The number of rotatable bonds is 3. The SMILES string of the molecule is COc1cc2nc(Cl)nc(-n3ccnc3)c2cc1OC. The molecule has 0 aliphatic rings. The summed E-state index contributed by atoms with van der Waals surface area (Å²) in [6.45, 7) is 0. The van der Waals surface area contributed by atoms with Gasteiger partial charge in [-0.05, 0) is 17.7 Å². The molecule has 2 heterocycles. The average molecular weight is 291 g/mol. The van der Waals surface area contributed by atoms with Crippen LogP contribution in [0.3, 0.4) is 0 Å². The molecule has 0 radical (unpaired) electrons. The smallest absolute Gasteiger partial charge is 0.224 e. The number of benzene rings is 1. The second-order valence-corrected chi connectivity index (χ2v) is 4.35. The van der Waals surface area contributed by atoms with Crippen molar-refractivity contribution in [3.63, 3.8) is 0 Å². The summed E-state index contributed by atoms with van der Waals surface area (Å²) >= 11 is 5.98. The molecule has 0 saturated carbocycles. The highest BCUT2D eigenvalue weighted by Gasteiger charge is 2.13. The molecule has 0 saturated heterocycles. The Morgan fingerprint density at radius 3 is 2.50 bits per heavy atom. The van der Waals surface area contributed by atoms with Crippen LogP contribution in [0.15, 0.2) is 30.9 Å². The maximum absolute atomic E-state index is 5.98. The second kappa shape index (κ2) is 4.97. The van der Waals surface area contributed by atoms with Gasteiger partial charge in [-0.15, -0.1) is 0 Å². The minimum absolute atomic E-state index is 0.161. The van der Waals surface area contributed by atoms with Gasteiger partial charge in [-0.2, -0.15) is 4.98 Å². The van der Waals surface area contributed by atoms with Crippen molar-refractivity contribution in [2.75, 3.05) is 14.2 Å². The fourth-order valence-electron chi connectivity index (χ4n) is 1.99. The van der Waals surface area contributed by atoms with Gasteiger partial charge in [0.15, 0.2) is 17.3 Å². The molecule has 0 atom stereocenters. The first-order valence-corrected chi connectivity index (χ1v) is 6.18. The molecule has 20 heavy (non-hydrogen) atoms. The number of fused-ring (bicyclic) bond motifs is 1. The Balaban J connectivity index is 2.35. The van der Waals surface area contributed by atoms with Crippen molar-refractivity contribution in [1.82, 2.24) is 19.5 Å². The van der Waals surface area contributed by atoms with Crippen LogP contribution in [0.5, 0.6) is 11.5 Å². The number of aromatic nitrogens is 4. The summed E-state index contributed by atoms with van der Waals surface area (Å²) in [5.74, 6) is 1.83. The normalized spacial score (nSPS) is 10.8. The van der Waals surface area contributed by atoms with Crippen molar-refractivity contribution in [3.8, 4) is 17.3 Å². The zero-order chi connectivity index (χ0) is 14.1. The lowest BCUT2D eigenvalue weighted by Crippen LogP contribution is -2.00. The summed E-state index contributed by atoms with van der Waals surface area (Å²) in [7, 11) is 3.15. The van der Waals surface area contributed by atoms with Crippen molar-refractivity contribution in [3.05, 3.63) is 36.1 Å². The van der Waals surface area contributed by atoms with E-state index in [4.69, 9.17) is 21.1 Å². The van der Waals surface area contributed by atoms with Crippen molar-refractivity contribution in [1.29, 1.82) is 0 Å². The van der Waals surface area contributed by atoms with E-state index >= 15 is 0 Å². The quantitative estimate of drug-likeness (QED) is 0.694. The lowest BCUT2D eigenvalue weighted by molar-refractivity contribution is 0.355. The monoisotopic (exact) mass is 290 g/mol. The molecule has 1 aromatic carbocycles. The zero-order valence-corrected chi connectivity index (χ0v) is 11.6. The van der Waals surface area contributed by atoms with Crippen LogP contribution in [0.1, 0.15) is 0 Å². The molecule has 0 aliphatic carbocycles. The maximum atomic E-state index is 5.98. The third kappa shape index (κ3) is 2.04. The molecular formula is C13H11ClN4O2. The first kappa shape index (κ1) is 12.7. The lowest BCUT2D eigenvalue weighted by Gasteiger charge is -2.11. The summed E-state index contributed by atoms with van der Waals surface area (Å²) in [5, 5.41) is 0.957. The maximum Gasteiger partial charge on any atom is 0.224 e. The fourth-order valence-corrected chi connectivity index (χ4v) is 2.16. The van der Waals surface area contributed by atoms with Crippen LogP contribution in [-0.4, -0.2) is 33.7 Å². The van der Waals surface area contributed by atoms with Crippen molar-refractivity contribution < 1.29 is 9.47 Å². The zero-order valence-electron chi connectivity index (χ0n) is 10.9. The minimum Gasteiger partial charge on any atom is -0.493 e. The van der Waals surface area contributed by atoms with Crippen molar-refractivity contribution >= 4 is 22.5 Å².